The number of aliphatic carboxylic acids is 1. The highest BCUT2D eigenvalue weighted by atomic mass is 16.5. The van der Waals surface area contributed by atoms with Gasteiger partial charge in [-0.25, -0.2) is 4.79 Å². The van der Waals surface area contributed by atoms with Crippen LogP contribution in [0.3, 0.4) is 0 Å². The Hall–Kier alpha value is -2.82. The summed E-state index contributed by atoms with van der Waals surface area (Å²) in [5, 5.41) is 11.6. The third kappa shape index (κ3) is 7.13. The van der Waals surface area contributed by atoms with Crippen LogP contribution < -0.4 is 10.1 Å². The third-order valence-electron chi connectivity index (χ3n) is 4.44. The number of benzene rings is 2. The van der Waals surface area contributed by atoms with E-state index in [9.17, 15) is 9.59 Å². The molecule has 2 aromatic carbocycles. The van der Waals surface area contributed by atoms with E-state index < -0.39 is 5.97 Å². The van der Waals surface area contributed by atoms with E-state index in [0.29, 0.717) is 18.7 Å². The van der Waals surface area contributed by atoms with Crippen LogP contribution in [0.2, 0.25) is 0 Å². The van der Waals surface area contributed by atoms with E-state index in [-0.39, 0.29) is 24.3 Å². The van der Waals surface area contributed by atoms with Gasteiger partial charge in [-0.2, -0.15) is 0 Å². The number of carbonyl (C=O) groups is 2. The third-order valence-corrected chi connectivity index (χ3v) is 4.44. The average Bonchev–Trinajstić information content (AvgIpc) is 2.66. The molecule has 0 saturated heterocycles. The van der Waals surface area contributed by atoms with Crippen molar-refractivity contribution in [1.82, 2.24) is 5.32 Å². The number of hydrogen-bond donors (Lipinski definition) is 2. The Morgan fingerprint density at radius 3 is 2.26 bits per heavy atom. The summed E-state index contributed by atoms with van der Waals surface area (Å²) in [5.74, 6) is -0.199. The summed E-state index contributed by atoms with van der Waals surface area (Å²) in [4.78, 5) is 23.1. The maximum absolute atomic E-state index is 12.6. The standard InChI is InChI=1S/C22H27NO4/c1-16(2)20(14-18-6-4-3-5-7-18)22(26)23-13-12-17-8-10-19(11-9-17)27-15-21(24)25/h3-11,16,20H,12-15H2,1-2H3,(H,23,26)(H,24,25). The van der Waals surface area contributed by atoms with E-state index >= 15 is 0 Å². The zero-order valence-corrected chi connectivity index (χ0v) is 15.9. The highest BCUT2D eigenvalue weighted by Crippen LogP contribution is 2.18. The van der Waals surface area contributed by atoms with Crippen LogP contribution in [0.5, 0.6) is 5.75 Å². The summed E-state index contributed by atoms with van der Waals surface area (Å²) < 4.78 is 5.11. The molecule has 144 valence electrons. The van der Waals surface area contributed by atoms with Crippen molar-refractivity contribution in [3.63, 3.8) is 0 Å². The largest absolute Gasteiger partial charge is 0.482 e. The van der Waals surface area contributed by atoms with E-state index in [1.165, 1.54) is 5.56 Å². The molecule has 0 aromatic heterocycles. The number of carbonyl (C=O) groups excluding carboxylic acids is 1. The number of carboxylic acids is 1. The molecule has 1 amide bonds. The molecule has 5 nitrogen and oxygen atoms in total. The van der Waals surface area contributed by atoms with Crippen LogP contribution in [0.1, 0.15) is 25.0 Å². The summed E-state index contributed by atoms with van der Waals surface area (Å²) in [5.41, 5.74) is 2.23. The number of hydrogen-bond acceptors (Lipinski definition) is 3. The Morgan fingerprint density at radius 2 is 1.67 bits per heavy atom. The van der Waals surface area contributed by atoms with Gasteiger partial charge in [0.1, 0.15) is 5.75 Å². The summed E-state index contributed by atoms with van der Waals surface area (Å²) >= 11 is 0. The normalized spacial score (nSPS) is 11.8. The molecule has 0 aliphatic carbocycles. The monoisotopic (exact) mass is 369 g/mol. The van der Waals surface area contributed by atoms with Gasteiger partial charge in [-0.3, -0.25) is 4.79 Å². The maximum atomic E-state index is 12.6. The molecule has 0 spiro atoms. The first-order valence-corrected chi connectivity index (χ1v) is 9.21. The number of amides is 1. The van der Waals surface area contributed by atoms with E-state index in [4.69, 9.17) is 9.84 Å². The molecule has 0 aliphatic heterocycles. The predicted octanol–water partition coefficient (Wildman–Crippen LogP) is 3.32. The highest BCUT2D eigenvalue weighted by Gasteiger charge is 2.22. The quantitative estimate of drug-likeness (QED) is 0.674. The topological polar surface area (TPSA) is 75.6 Å². The summed E-state index contributed by atoms with van der Waals surface area (Å²) in [6.07, 6.45) is 1.45. The van der Waals surface area contributed by atoms with Crippen molar-refractivity contribution in [3.05, 3.63) is 65.7 Å². The maximum Gasteiger partial charge on any atom is 0.341 e. The first-order valence-electron chi connectivity index (χ1n) is 9.21. The Kier molecular flexibility index (Phi) is 7.86. The summed E-state index contributed by atoms with van der Waals surface area (Å²) in [6, 6.07) is 17.3. The Morgan fingerprint density at radius 1 is 1.00 bits per heavy atom. The first kappa shape index (κ1) is 20.5. The van der Waals surface area contributed by atoms with Gasteiger partial charge in [-0.15, -0.1) is 0 Å². The Labute approximate surface area is 160 Å². The molecule has 1 atom stereocenters. The molecule has 5 heteroatoms. The zero-order valence-electron chi connectivity index (χ0n) is 15.9. The lowest BCUT2D eigenvalue weighted by molar-refractivity contribution is -0.139. The second-order valence-corrected chi connectivity index (χ2v) is 6.91. The second-order valence-electron chi connectivity index (χ2n) is 6.91. The lowest BCUT2D eigenvalue weighted by Crippen LogP contribution is -2.36. The molecule has 1 unspecified atom stereocenters. The number of carboxylic acid groups (broad SMARTS) is 1. The van der Waals surface area contributed by atoms with E-state index in [1.807, 2.05) is 30.3 Å². The van der Waals surface area contributed by atoms with Crippen molar-refractivity contribution < 1.29 is 19.4 Å². The fraction of sp³-hybridized carbons (Fsp3) is 0.364. The van der Waals surface area contributed by atoms with Crippen LogP contribution in [-0.2, 0) is 22.4 Å². The van der Waals surface area contributed by atoms with Crippen molar-refractivity contribution in [3.8, 4) is 5.75 Å². The molecule has 27 heavy (non-hydrogen) atoms. The van der Waals surface area contributed by atoms with Gasteiger partial charge in [-0.1, -0.05) is 56.3 Å². The summed E-state index contributed by atoms with van der Waals surface area (Å²) in [7, 11) is 0. The minimum Gasteiger partial charge on any atom is -0.482 e. The Balaban J connectivity index is 1.82. The molecule has 0 radical (unpaired) electrons. The van der Waals surface area contributed by atoms with Crippen LogP contribution in [0.15, 0.2) is 54.6 Å². The van der Waals surface area contributed by atoms with Crippen molar-refractivity contribution in [1.29, 1.82) is 0 Å². The number of nitrogens with one attached hydrogen (secondary N) is 1. The molecule has 0 saturated carbocycles. The van der Waals surface area contributed by atoms with Gasteiger partial charge in [0.05, 0.1) is 0 Å². The van der Waals surface area contributed by atoms with Crippen LogP contribution >= 0.6 is 0 Å². The van der Waals surface area contributed by atoms with Gasteiger partial charge in [-0.05, 0) is 42.0 Å². The molecule has 0 heterocycles. The van der Waals surface area contributed by atoms with Crippen molar-refractivity contribution in [2.75, 3.05) is 13.2 Å². The van der Waals surface area contributed by atoms with Gasteiger partial charge in [0.2, 0.25) is 5.91 Å². The Bertz CT molecular complexity index is 726. The van der Waals surface area contributed by atoms with Gasteiger partial charge in [0.15, 0.2) is 6.61 Å². The first-order chi connectivity index (χ1) is 13.0. The van der Waals surface area contributed by atoms with Gasteiger partial charge >= 0.3 is 5.97 Å². The minimum atomic E-state index is -1.00. The van der Waals surface area contributed by atoms with Crippen LogP contribution in [0.4, 0.5) is 0 Å². The number of rotatable bonds is 10. The van der Waals surface area contributed by atoms with Gasteiger partial charge in [0.25, 0.3) is 0 Å². The molecule has 0 bridgehead atoms. The highest BCUT2D eigenvalue weighted by molar-refractivity contribution is 5.79. The minimum absolute atomic E-state index is 0.0563. The average molecular weight is 369 g/mol. The lowest BCUT2D eigenvalue weighted by atomic mass is 9.88. The molecular weight excluding hydrogens is 342 g/mol. The van der Waals surface area contributed by atoms with Crippen molar-refractivity contribution in [2.24, 2.45) is 11.8 Å². The van der Waals surface area contributed by atoms with Crippen LogP contribution in [0, 0.1) is 11.8 Å². The van der Waals surface area contributed by atoms with Gasteiger partial charge < -0.3 is 15.2 Å². The predicted molar refractivity (Wildman–Crippen MR) is 105 cm³/mol. The number of ether oxygens (including phenoxy) is 1. The molecular formula is C22H27NO4. The molecule has 0 fully saturated rings. The second kappa shape index (κ2) is 10.4. The van der Waals surface area contributed by atoms with Crippen LogP contribution in [-0.4, -0.2) is 30.1 Å². The fourth-order valence-corrected chi connectivity index (χ4v) is 2.86. The lowest BCUT2D eigenvalue weighted by Gasteiger charge is -2.20. The van der Waals surface area contributed by atoms with Crippen LogP contribution in [0.25, 0.3) is 0 Å². The molecule has 0 aliphatic rings. The molecule has 2 aromatic rings. The van der Waals surface area contributed by atoms with Crippen molar-refractivity contribution in [2.45, 2.75) is 26.7 Å². The smallest absolute Gasteiger partial charge is 0.341 e. The van der Waals surface area contributed by atoms with E-state index in [2.05, 4.69) is 31.3 Å². The van der Waals surface area contributed by atoms with Crippen molar-refractivity contribution >= 4 is 11.9 Å². The van der Waals surface area contributed by atoms with E-state index in [0.717, 1.165) is 12.0 Å². The zero-order chi connectivity index (χ0) is 19.6. The molecule has 2 rings (SSSR count). The van der Waals surface area contributed by atoms with Gasteiger partial charge in [0, 0.05) is 12.5 Å². The fourth-order valence-electron chi connectivity index (χ4n) is 2.86. The molecule has 2 N–H and O–H groups in total. The SMILES string of the molecule is CC(C)C(Cc1ccccc1)C(=O)NCCc1ccc(OCC(=O)O)cc1. The summed E-state index contributed by atoms with van der Waals surface area (Å²) in [6.45, 7) is 4.35. The van der Waals surface area contributed by atoms with E-state index in [1.54, 1.807) is 12.1 Å².